The van der Waals surface area contributed by atoms with Gasteiger partial charge >= 0.3 is 0 Å². The zero-order valence-corrected chi connectivity index (χ0v) is 10.7. The van der Waals surface area contributed by atoms with Crippen molar-refractivity contribution in [3.8, 4) is 11.8 Å². The van der Waals surface area contributed by atoms with Crippen molar-refractivity contribution in [3.05, 3.63) is 59.2 Å². The molecule has 0 radical (unpaired) electrons. The molecule has 1 aliphatic heterocycles. The Morgan fingerprint density at radius 2 is 2.00 bits per heavy atom. The quantitative estimate of drug-likeness (QED) is 0.889. The molecule has 1 N–H and O–H groups in total. The Morgan fingerprint density at radius 1 is 1.21 bits per heavy atom. The lowest BCUT2D eigenvalue weighted by molar-refractivity contribution is 0.414. The molecular weight excluding hydrogens is 236 g/mol. The second-order valence-corrected chi connectivity index (χ2v) is 4.66. The molecule has 1 heterocycles. The standard InChI is InChI=1S/C16H14N2O/c1-19-14-6-4-12(5-7-14)16-9-13-3-2-11(10-17)8-15(13)18-16/h2-8,16,18H,9H2,1H3. The van der Waals surface area contributed by atoms with E-state index in [9.17, 15) is 0 Å². The number of ether oxygens (including phenoxy) is 1. The van der Waals surface area contributed by atoms with Crippen molar-refractivity contribution in [3.63, 3.8) is 0 Å². The molecule has 0 aliphatic carbocycles. The highest BCUT2D eigenvalue weighted by molar-refractivity contribution is 5.61. The van der Waals surface area contributed by atoms with E-state index in [1.807, 2.05) is 30.3 Å². The van der Waals surface area contributed by atoms with Gasteiger partial charge in [-0.2, -0.15) is 5.26 Å². The number of rotatable bonds is 2. The van der Waals surface area contributed by atoms with Crippen molar-refractivity contribution in [2.75, 3.05) is 12.4 Å². The van der Waals surface area contributed by atoms with Crippen LogP contribution < -0.4 is 10.1 Å². The van der Waals surface area contributed by atoms with Gasteiger partial charge in [-0.1, -0.05) is 18.2 Å². The molecule has 0 saturated heterocycles. The number of nitrogens with zero attached hydrogens (tertiary/aromatic N) is 1. The highest BCUT2D eigenvalue weighted by Gasteiger charge is 2.22. The van der Waals surface area contributed by atoms with Gasteiger partial charge in [0.25, 0.3) is 0 Å². The van der Waals surface area contributed by atoms with Gasteiger partial charge in [-0.25, -0.2) is 0 Å². The van der Waals surface area contributed by atoms with Crippen LogP contribution in [0.1, 0.15) is 22.7 Å². The average Bonchev–Trinajstić information content (AvgIpc) is 2.90. The van der Waals surface area contributed by atoms with Crippen LogP contribution in [-0.2, 0) is 6.42 Å². The van der Waals surface area contributed by atoms with Crippen molar-refractivity contribution >= 4 is 5.69 Å². The van der Waals surface area contributed by atoms with E-state index in [4.69, 9.17) is 10.00 Å². The Morgan fingerprint density at radius 3 is 2.68 bits per heavy atom. The van der Waals surface area contributed by atoms with E-state index >= 15 is 0 Å². The first-order valence-electron chi connectivity index (χ1n) is 6.23. The summed E-state index contributed by atoms with van der Waals surface area (Å²) in [6, 6.07) is 16.4. The minimum Gasteiger partial charge on any atom is -0.497 e. The molecule has 0 aromatic heterocycles. The van der Waals surface area contributed by atoms with Crippen molar-refractivity contribution in [1.82, 2.24) is 0 Å². The van der Waals surface area contributed by atoms with Crippen LogP contribution in [0.25, 0.3) is 0 Å². The number of hydrogen-bond donors (Lipinski definition) is 1. The summed E-state index contributed by atoms with van der Waals surface area (Å²) in [4.78, 5) is 0. The maximum atomic E-state index is 8.92. The number of nitriles is 1. The summed E-state index contributed by atoms with van der Waals surface area (Å²) in [5.74, 6) is 0.867. The van der Waals surface area contributed by atoms with Gasteiger partial charge in [0.2, 0.25) is 0 Å². The number of nitrogens with one attached hydrogen (secondary N) is 1. The molecule has 3 nitrogen and oxygen atoms in total. The number of benzene rings is 2. The fourth-order valence-electron chi connectivity index (χ4n) is 2.45. The molecule has 0 amide bonds. The van der Waals surface area contributed by atoms with E-state index < -0.39 is 0 Å². The molecule has 19 heavy (non-hydrogen) atoms. The lowest BCUT2D eigenvalue weighted by atomic mass is 10.0. The highest BCUT2D eigenvalue weighted by atomic mass is 16.5. The van der Waals surface area contributed by atoms with Gasteiger partial charge in [0.15, 0.2) is 0 Å². The fraction of sp³-hybridized carbons (Fsp3) is 0.188. The first kappa shape index (κ1) is 11.6. The van der Waals surface area contributed by atoms with E-state index in [0.717, 1.165) is 17.9 Å². The summed E-state index contributed by atoms with van der Waals surface area (Å²) in [5.41, 5.74) is 4.26. The first-order valence-corrected chi connectivity index (χ1v) is 6.23. The normalized spacial score (nSPS) is 16.3. The SMILES string of the molecule is COc1ccc(C2Cc3ccc(C#N)cc3N2)cc1. The molecule has 0 saturated carbocycles. The summed E-state index contributed by atoms with van der Waals surface area (Å²) in [5, 5.41) is 12.4. The molecule has 0 bridgehead atoms. The third kappa shape index (κ3) is 2.13. The minimum atomic E-state index is 0.273. The molecule has 1 aliphatic rings. The maximum Gasteiger partial charge on any atom is 0.118 e. The third-order valence-corrected chi connectivity index (χ3v) is 3.51. The van der Waals surface area contributed by atoms with E-state index in [1.165, 1.54) is 11.1 Å². The number of anilines is 1. The minimum absolute atomic E-state index is 0.273. The molecule has 2 aromatic carbocycles. The smallest absolute Gasteiger partial charge is 0.118 e. The molecule has 0 spiro atoms. The first-order chi connectivity index (χ1) is 9.30. The summed E-state index contributed by atoms with van der Waals surface area (Å²) in [6.07, 6.45) is 0.952. The van der Waals surface area contributed by atoms with Crippen LogP contribution in [0.2, 0.25) is 0 Å². The van der Waals surface area contributed by atoms with Gasteiger partial charge in [-0.3, -0.25) is 0 Å². The Bertz CT molecular complexity index is 641. The van der Waals surface area contributed by atoms with Crippen molar-refractivity contribution in [2.45, 2.75) is 12.5 Å². The van der Waals surface area contributed by atoms with Gasteiger partial charge < -0.3 is 10.1 Å². The molecule has 3 rings (SSSR count). The topological polar surface area (TPSA) is 45.0 Å². The lowest BCUT2D eigenvalue weighted by Gasteiger charge is -2.12. The van der Waals surface area contributed by atoms with Crippen molar-refractivity contribution < 1.29 is 4.74 Å². The van der Waals surface area contributed by atoms with Crippen LogP contribution in [0.3, 0.4) is 0 Å². The second kappa shape index (κ2) is 4.66. The molecule has 0 fully saturated rings. The summed E-state index contributed by atoms with van der Waals surface area (Å²) in [6.45, 7) is 0. The molecule has 1 unspecified atom stereocenters. The van der Waals surface area contributed by atoms with E-state index in [2.05, 4.69) is 23.5 Å². The van der Waals surface area contributed by atoms with Gasteiger partial charge in [0, 0.05) is 5.69 Å². The fourth-order valence-corrected chi connectivity index (χ4v) is 2.45. The van der Waals surface area contributed by atoms with E-state index in [1.54, 1.807) is 7.11 Å². The summed E-state index contributed by atoms with van der Waals surface area (Å²) < 4.78 is 5.17. The van der Waals surface area contributed by atoms with Crippen molar-refractivity contribution in [1.29, 1.82) is 5.26 Å². The van der Waals surface area contributed by atoms with Crippen molar-refractivity contribution in [2.24, 2.45) is 0 Å². The predicted molar refractivity (Wildman–Crippen MR) is 74.2 cm³/mol. The van der Waals surface area contributed by atoms with Crippen LogP contribution in [0.5, 0.6) is 5.75 Å². The van der Waals surface area contributed by atoms with Crippen LogP contribution >= 0.6 is 0 Å². The lowest BCUT2D eigenvalue weighted by Crippen LogP contribution is -2.05. The van der Waals surface area contributed by atoms with E-state index in [0.29, 0.717) is 5.56 Å². The molecular formula is C16H14N2O. The molecule has 94 valence electrons. The van der Waals surface area contributed by atoms with Crippen LogP contribution in [0, 0.1) is 11.3 Å². The Hall–Kier alpha value is -2.47. The molecule has 3 heteroatoms. The number of hydrogen-bond acceptors (Lipinski definition) is 3. The van der Waals surface area contributed by atoms with Gasteiger partial charge in [0.1, 0.15) is 5.75 Å². The molecule has 1 atom stereocenters. The number of methoxy groups -OCH3 is 1. The Labute approximate surface area is 112 Å². The van der Waals surface area contributed by atoms with Crippen LogP contribution in [0.15, 0.2) is 42.5 Å². The third-order valence-electron chi connectivity index (χ3n) is 3.51. The Kier molecular flexibility index (Phi) is 2.85. The van der Waals surface area contributed by atoms with Gasteiger partial charge in [0.05, 0.1) is 24.8 Å². The average molecular weight is 250 g/mol. The summed E-state index contributed by atoms with van der Waals surface area (Å²) in [7, 11) is 1.67. The van der Waals surface area contributed by atoms with E-state index in [-0.39, 0.29) is 6.04 Å². The largest absolute Gasteiger partial charge is 0.497 e. The molecule has 2 aromatic rings. The van der Waals surface area contributed by atoms with Crippen LogP contribution in [-0.4, -0.2) is 7.11 Å². The van der Waals surface area contributed by atoms with Crippen LogP contribution in [0.4, 0.5) is 5.69 Å². The zero-order chi connectivity index (χ0) is 13.2. The number of fused-ring (bicyclic) bond motifs is 1. The maximum absolute atomic E-state index is 8.92. The second-order valence-electron chi connectivity index (χ2n) is 4.66. The summed E-state index contributed by atoms with van der Waals surface area (Å²) >= 11 is 0. The Balaban J connectivity index is 1.84. The van der Waals surface area contributed by atoms with Gasteiger partial charge in [-0.05, 0) is 41.8 Å². The predicted octanol–water partition coefficient (Wildman–Crippen LogP) is 3.28. The zero-order valence-electron chi connectivity index (χ0n) is 10.7. The van der Waals surface area contributed by atoms with Gasteiger partial charge in [-0.15, -0.1) is 0 Å². The highest BCUT2D eigenvalue weighted by Crippen LogP contribution is 2.35. The monoisotopic (exact) mass is 250 g/mol.